The normalized spacial score (nSPS) is 17.8. The minimum Gasteiger partial charge on any atom is -0.395 e. The van der Waals surface area contributed by atoms with Crippen LogP contribution in [0.3, 0.4) is 0 Å². The number of aromatic nitrogens is 4. The van der Waals surface area contributed by atoms with Gasteiger partial charge in [-0.3, -0.25) is 9.48 Å². The van der Waals surface area contributed by atoms with Crippen molar-refractivity contribution in [3.8, 4) is 0 Å². The van der Waals surface area contributed by atoms with Gasteiger partial charge in [0, 0.05) is 19.0 Å². The smallest absolute Gasteiger partial charge is 0.262 e. The van der Waals surface area contributed by atoms with E-state index in [1.165, 1.54) is 17.3 Å². The second-order valence-electron chi connectivity index (χ2n) is 6.53. The molecule has 0 bridgehead atoms. The van der Waals surface area contributed by atoms with E-state index in [9.17, 15) is 9.90 Å². The summed E-state index contributed by atoms with van der Waals surface area (Å²) in [6.07, 6.45) is 3.57. The highest BCUT2D eigenvalue weighted by atomic mass is 16.3. The monoisotopic (exact) mass is 339 g/mol. The highest BCUT2D eigenvalue weighted by Gasteiger charge is 2.29. The summed E-state index contributed by atoms with van der Waals surface area (Å²) in [4.78, 5) is 19.4. The van der Waals surface area contributed by atoms with Gasteiger partial charge in [0.15, 0.2) is 5.65 Å². The minimum atomic E-state index is -0.193. The summed E-state index contributed by atoms with van der Waals surface area (Å²) in [5, 5.41) is 17.8. The van der Waals surface area contributed by atoms with Crippen LogP contribution in [-0.2, 0) is 20.0 Å². The van der Waals surface area contributed by atoms with Crippen LogP contribution >= 0.6 is 0 Å². The molecule has 0 amide bonds. The Balaban J connectivity index is 1.54. The summed E-state index contributed by atoms with van der Waals surface area (Å²) in [7, 11) is 1.76. The number of aliphatic hydroxyl groups excluding tert-OH is 1. The third kappa shape index (κ3) is 2.85. The van der Waals surface area contributed by atoms with Crippen LogP contribution in [0.5, 0.6) is 0 Å². The second-order valence-corrected chi connectivity index (χ2v) is 6.53. The molecule has 0 spiro atoms. The van der Waals surface area contributed by atoms with Gasteiger partial charge in [-0.05, 0) is 24.0 Å². The zero-order valence-corrected chi connectivity index (χ0v) is 14.1. The van der Waals surface area contributed by atoms with Crippen molar-refractivity contribution in [2.24, 2.45) is 7.05 Å². The van der Waals surface area contributed by atoms with E-state index in [-0.39, 0.29) is 24.1 Å². The zero-order chi connectivity index (χ0) is 17.4. The molecule has 3 N–H and O–H groups in total. The Morgan fingerprint density at radius 1 is 1.44 bits per heavy atom. The topological polar surface area (TPSA) is 95.8 Å². The van der Waals surface area contributed by atoms with Gasteiger partial charge in [-0.2, -0.15) is 5.10 Å². The van der Waals surface area contributed by atoms with E-state index in [0.29, 0.717) is 23.4 Å². The van der Waals surface area contributed by atoms with Crippen molar-refractivity contribution in [1.29, 1.82) is 0 Å². The van der Waals surface area contributed by atoms with Crippen LogP contribution in [0, 0.1) is 0 Å². The molecule has 25 heavy (non-hydrogen) atoms. The minimum absolute atomic E-state index is 0.0389. The summed E-state index contributed by atoms with van der Waals surface area (Å²) in [6, 6.07) is 8.32. The molecule has 0 radical (unpaired) electrons. The molecule has 0 saturated carbocycles. The van der Waals surface area contributed by atoms with Gasteiger partial charge in [0.1, 0.15) is 11.2 Å². The van der Waals surface area contributed by atoms with E-state index in [0.717, 1.165) is 12.8 Å². The molecule has 0 aliphatic heterocycles. The molecule has 7 nitrogen and oxygen atoms in total. The maximum atomic E-state index is 12.1. The van der Waals surface area contributed by atoms with Crippen molar-refractivity contribution in [2.45, 2.75) is 31.3 Å². The zero-order valence-electron chi connectivity index (χ0n) is 14.1. The highest BCUT2D eigenvalue weighted by molar-refractivity contribution is 5.72. The van der Waals surface area contributed by atoms with Gasteiger partial charge in [0.2, 0.25) is 0 Å². The first-order chi connectivity index (χ1) is 12.2. The number of hydrogen-bond acceptors (Lipinski definition) is 5. The van der Waals surface area contributed by atoms with E-state index in [1.807, 2.05) is 6.07 Å². The number of hydrogen-bond donors (Lipinski definition) is 3. The molecule has 2 aromatic heterocycles. The Morgan fingerprint density at radius 3 is 3.12 bits per heavy atom. The largest absolute Gasteiger partial charge is 0.395 e. The number of nitrogens with one attached hydrogen (secondary N) is 2. The molecule has 2 heterocycles. The molecule has 0 fully saturated rings. The molecular weight excluding hydrogens is 318 g/mol. The number of nitrogens with zero attached hydrogens (tertiary/aromatic N) is 3. The fraction of sp³-hybridized carbons (Fsp3) is 0.389. The lowest BCUT2D eigenvalue weighted by molar-refractivity contribution is 0.220. The predicted octanol–water partition coefficient (Wildman–Crippen LogP) is 0.837. The van der Waals surface area contributed by atoms with Crippen LogP contribution < -0.4 is 10.9 Å². The van der Waals surface area contributed by atoms with Gasteiger partial charge in [0.25, 0.3) is 5.56 Å². The number of rotatable bonds is 5. The fourth-order valence-corrected chi connectivity index (χ4v) is 3.73. The molecule has 2 unspecified atom stereocenters. The van der Waals surface area contributed by atoms with Gasteiger partial charge in [-0.15, -0.1) is 0 Å². The summed E-state index contributed by atoms with van der Waals surface area (Å²) >= 11 is 0. The summed E-state index contributed by atoms with van der Waals surface area (Å²) < 4.78 is 1.59. The molecular formula is C18H21N5O2. The van der Waals surface area contributed by atoms with Crippen molar-refractivity contribution in [3.63, 3.8) is 0 Å². The summed E-state index contributed by atoms with van der Waals surface area (Å²) in [5.74, 6) is 0.819. The fourth-order valence-electron chi connectivity index (χ4n) is 3.73. The Labute approximate surface area is 144 Å². The third-order valence-electron chi connectivity index (χ3n) is 5.04. The Morgan fingerprint density at radius 2 is 2.28 bits per heavy atom. The van der Waals surface area contributed by atoms with Crippen molar-refractivity contribution in [2.75, 3.05) is 6.61 Å². The molecule has 7 heteroatoms. The van der Waals surface area contributed by atoms with E-state index in [1.54, 1.807) is 11.7 Å². The molecule has 0 saturated heterocycles. The molecule has 2 atom stereocenters. The average Bonchev–Trinajstić information content (AvgIpc) is 3.21. The Hall–Kier alpha value is -2.51. The van der Waals surface area contributed by atoms with Crippen LogP contribution in [0.15, 0.2) is 35.3 Å². The first-order valence-electron chi connectivity index (χ1n) is 8.50. The molecule has 1 aromatic carbocycles. The van der Waals surface area contributed by atoms with Gasteiger partial charge in [-0.1, -0.05) is 24.3 Å². The van der Waals surface area contributed by atoms with Gasteiger partial charge in [-0.25, -0.2) is 4.98 Å². The van der Waals surface area contributed by atoms with Crippen molar-refractivity contribution in [1.82, 2.24) is 25.1 Å². The van der Waals surface area contributed by atoms with Crippen molar-refractivity contribution < 1.29 is 5.11 Å². The van der Waals surface area contributed by atoms with Crippen LogP contribution in [0.4, 0.5) is 0 Å². The number of aromatic amines is 1. The molecule has 130 valence electrons. The van der Waals surface area contributed by atoms with E-state index in [4.69, 9.17) is 0 Å². The maximum absolute atomic E-state index is 12.1. The quantitative estimate of drug-likeness (QED) is 0.640. The number of H-pyrrole nitrogens is 1. The van der Waals surface area contributed by atoms with Crippen LogP contribution in [0.2, 0.25) is 0 Å². The van der Waals surface area contributed by atoms with Crippen LogP contribution in [0.1, 0.15) is 29.3 Å². The summed E-state index contributed by atoms with van der Waals surface area (Å²) in [5.41, 5.74) is 3.03. The number of fused-ring (bicyclic) bond motifs is 2. The third-order valence-corrected chi connectivity index (χ3v) is 5.04. The molecule has 4 rings (SSSR count). The highest BCUT2D eigenvalue weighted by Crippen LogP contribution is 2.35. The lowest BCUT2D eigenvalue weighted by Crippen LogP contribution is -2.37. The van der Waals surface area contributed by atoms with Gasteiger partial charge < -0.3 is 15.4 Å². The molecule has 3 aromatic rings. The first-order valence-corrected chi connectivity index (χ1v) is 8.50. The Bertz CT molecular complexity index is 961. The van der Waals surface area contributed by atoms with Crippen LogP contribution in [0.25, 0.3) is 11.0 Å². The molecule has 1 aliphatic rings. The van der Waals surface area contributed by atoms with Gasteiger partial charge >= 0.3 is 0 Å². The number of aryl methyl sites for hydroxylation is 2. The predicted molar refractivity (Wildman–Crippen MR) is 94.3 cm³/mol. The standard InChI is InChI=1S/C18H21N5O2/c1-23-17-14(8-20-23)18(25)22-16(21-17)9-19-15(10-24)13-7-6-11-4-2-3-5-12(11)13/h2-5,8,13,15,19,24H,6-7,9-10H2,1H3,(H,21,22,25). The van der Waals surface area contributed by atoms with E-state index < -0.39 is 0 Å². The second kappa shape index (κ2) is 6.42. The van der Waals surface area contributed by atoms with Crippen molar-refractivity contribution in [3.05, 3.63) is 57.8 Å². The van der Waals surface area contributed by atoms with Crippen molar-refractivity contribution >= 4 is 11.0 Å². The van der Waals surface area contributed by atoms with E-state index in [2.05, 4.69) is 38.6 Å². The maximum Gasteiger partial charge on any atom is 0.262 e. The van der Waals surface area contributed by atoms with Crippen LogP contribution in [-0.4, -0.2) is 37.5 Å². The molecule has 1 aliphatic carbocycles. The Kier molecular flexibility index (Phi) is 4.10. The first kappa shape index (κ1) is 16.0. The number of benzene rings is 1. The lowest BCUT2D eigenvalue weighted by atomic mass is 9.93. The lowest BCUT2D eigenvalue weighted by Gasteiger charge is -2.23. The van der Waals surface area contributed by atoms with E-state index >= 15 is 0 Å². The van der Waals surface area contributed by atoms with Gasteiger partial charge in [0.05, 0.1) is 19.3 Å². The SMILES string of the molecule is Cn1ncc2c(=O)[nH]c(CNC(CO)C3CCc4ccccc43)nc21. The average molecular weight is 339 g/mol. The summed E-state index contributed by atoms with van der Waals surface area (Å²) in [6.45, 7) is 0.428. The number of aliphatic hydroxyl groups is 1.